The molecule has 1 aliphatic carbocycles. The summed E-state index contributed by atoms with van der Waals surface area (Å²) in [6, 6.07) is 15.4. The zero-order valence-electron chi connectivity index (χ0n) is 23.0. The molecule has 7 rings (SSSR count). The first-order valence-corrected chi connectivity index (χ1v) is 13.8. The number of fused-ring (bicyclic) bond motifs is 1. The van der Waals surface area contributed by atoms with E-state index in [9.17, 15) is 9.90 Å². The van der Waals surface area contributed by atoms with Crippen molar-refractivity contribution in [3.05, 3.63) is 60.6 Å². The summed E-state index contributed by atoms with van der Waals surface area (Å²) < 4.78 is 12.1. The van der Waals surface area contributed by atoms with Gasteiger partial charge in [0.15, 0.2) is 5.78 Å². The average molecular weight is 712 g/mol. The van der Waals surface area contributed by atoms with Gasteiger partial charge in [-0.15, -0.1) is 29.1 Å². The SMILES string of the molecule is CCC(CC)C(=O)/C=C(\O)C(CC)CC.[Ir].[c-]1ccc2ccc3oc4ccc5oc6ncnc7c6c5c4c3c2c1-7. The van der Waals surface area contributed by atoms with Crippen LogP contribution in [0.3, 0.4) is 0 Å². The number of furan rings is 2. The number of carbonyl (C=O) groups is 1. The number of carbonyl (C=O) groups excluding carboxylic acids is 1. The van der Waals surface area contributed by atoms with Gasteiger partial charge >= 0.3 is 0 Å². The van der Waals surface area contributed by atoms with Crippen molar-refractivity contribution in [3.8, 4) is 11.3 Å². The Morgan fingerprint density at radius 2 is 1.43 bits per heavy atom. The number of hydrogen-bond acceptors (Lipinski definition) is 6. The van der Waals surface area contributed by atoms with Crippen molar-refractivity contribution < 1.29 is 38.8 Å². The molecule has 0 spiro atoms. The monoisotopic (exact) mass is 712 g/mol. The van der Waals surface area contributed by atoms with Crippen LogP contribution in [-0.2, 0) is 24.9 Å². The molecule has 40 heavy (non-hydrogen) atoms. The fraction of sp³-hybridized carbons (Fsp3) is 0.303. The van der Waals surface area contributed by atoms with Crippen LogP contribution in [-0.4, -0.2) is 20.9 Å². The van der Waals surface area contributed by atoms with Gasteiger partial charge in [-0.2, -0.15) is 0 Å². The molecule has 1 N–H and O–H groups in total. The number of aliphatic hydroxyl groups is 1. The second-order valence-electron chi connectivity index (χ2n) is 10.2. The third-order valence-electron chi connectivity index (χ3n) is 8.13. The van der Waals surface area contributed by atoms with Crippen LogP contribution >= 0.6 is 0 Å². The Kier molecular flexibility index (Phi) is 7.80. The summed E-state index contributed by atoms with van der Waals surface area (Å²) in [7, 11) is 0. The van der Waals surface area contributed by atoms with E-state index in [-0.39, 0.29) is 43.5 Å². The van der Waals surface area contributed by atoms with Crippen molar-refractivity contribution in [3.63, 3.8) is 0 Å². The minimum absolute atomic E-state index is 0. The van der Waals surface area contributed by atoms with E-state index in [4.69, 9.17) is 8.83 Å². The molecule has 3 aromatic carbocycles. The fourth-order valence-electron chi connectivity index (χ4n) is 5.91. The largest absolute Gasteiger partial charge is 0.512 e. The Balaban J connectivity index is 0.000000179. The van der Waals surface area contributed by atoms with Gasteiger partial charge in [0, 0.05) is 59.9 Å². The number of benzene rings is 3. The van der Waals surface area contributed by atoms with Crippen LogP contribution in [0.5, 0.6) is 0 Å². The van der Waals surface area contributed by atoms with Gasteiger partial charge in [-0.05, 0) is 49.3 Å². The molecule has 1 aliphatic rings. The number of rotatable bonds is 7. The van der Waals surface area contributed by atoms with Crippen LogP contribution in [0.1, 0.15) is 53.4 Å². The molecule has 0 unspecified atom stereocenters. The van der Waals surface area contributed by atoms with Gasteiger partial charge in [0.25, 0.3) is 0 Å². The second kappa shape index (κ2) is 11.1. The number of nitrogens with zero attached hydrogens (tertiary/aromatic N) is 2. The van der Waals surface area contributed by atoms with Crippen LogP contribution in [0.15, 0.2) is 63.4 Å². The molecular weight excluding hydrogens is 681 g/mol. The zero-order valence-corrected chi connectivity index (χ0v) is 25.4. The van der Waals surface area contributed by atoms with Crippen molar-refractivity contribution in [1.29, 1.82) is 0 Å². The third-order valence-corrected chi connectivity index (χ3v) is 8.13. The van der Waals surface area contributed by atoms with Crippen molar-refractivity contribution >= 4 is 60.6 Å². The van der Waals surface area contributed by atoms with Crippen molar-refractivity contribution in [2.24, 2.45) is 11.8 Å². The van der Waals surface area contributed by atoms with E-state index < -0.39 is 0 Å². The van der Waals surface area contributed by atoms with E-state index in [1.54, 1.807) is 6.33 Å². The predicted molar refractivity (Wildman–Crippen MR) is 156 cm³/mol. The zero-order chi connectivity index (χ0) is 27.3. The molecule has 0 aliphatic heterocycles. The third kappa shape index (κ3) is 4.32. The van der Waals surface area contributed by atoms with Crippen molar-refractivity contribution in [2.75, 3.05) is 0 Å². The summed E-state index contributed by atoms with van der Waals surface area (Å²) in [4.78, 5) is 20.6. The standard InChI is InChI=1S/C20H7N2O2.C13H24O2.Ir/c1-2-9-4-5-11-15-14(9)10(3-1)19-18-17-13(24-20(18)22-8-21-19)7-6-12(23-11)16(15)17;1-5-10(6-2)12(14)9-13(15)11(7-3)8-4;/h1-2,4-8H;9-11,14H,5-8H2,1-4H3;/q-1;;/b;12-9-;. The average Bonchev–Trinajstić information content (AvgIpc) is 3.48. The molecule has 0 saturated heterocycles. The van der Waals surface area contributed by atoms with Crippen LogP contribution in [0.2, 0.25) is 0 Å². The summed E-state index contributed by atoms with van der Waals surface area (Å²) in [6.07, 6.45) is 6.47. The summed E-state index contributed by atoms with van der Waals surface area (Å²) in [5, 5.41) is 16.2. The topological polar surface area (TPSA) is 89.4 Å². The molecule has 3 aromatic heterocycles. The molecule has 7 heteroatoms. The van der Waals surface area contributed by atoms with Gasteiger partial charge in [-0.25, -0.2) is 4.98 Å². The van der Waals surface area contributed by atoms with Crippen molar-refractivity contribution in [1.82, 2.24) is 9.97 Å². The summed E-state index contributed by atoms with van der Waals surface area (Å²) in [5.41, 5.74) is 5.01. The summed E-state index contributed by atoms with van der Waals surface area (Å²) >= 11 is 0. The first-order chi connectivity index (χ1) is 19.0. The predicted octanol–water partition coefficient (Wildman–Crippen LogP) is 9.08. The first kappa shape index (κ1) is 28.0. The summed E-state index contributed by atoms with van der Waals surface area (Å²) in [5.74, 6) is 0.547. The number of aromatic nitrogens is 2. The Bertz CT molecular complexity index is 1910. The molecule has 0 fully saturated rings. The number of allylic oxidation sites excluding steroid dienone is 2. The maximum absolute atomic E-state index is 11.7. The van der Waals surface area contributed by atoms with E-state index in [0.29, 0.717) is 5.71 Å². The molecule has 3 heterocycles. The molecular formula is C33H31IrN2O4-. The first-order valence-electron chi connectivity index (χ1n) is 13.8. The fourth-order valence-corrected chi connectivity index (χ4v) is 5.91. The Hall–Kier alpha value is -3.54. The molecule has 0 saturated carbocycles. The van der Waals surface area contributed by atoms with Crippen LogP contribution < -0.4 is 0 Å². The minimum atomic E-state index is 0. The molecule has 0 amide bonds. The van der Waals surface area contributed by atoms with Gasteiger partial charge in [0.1, 0.15) is 23.1 Å². The van der Waals surface area contributed by atoms with E-state index >= 15 is 0 Å². The van der Waals surface area contributed by atoms with E-state index in [1.807, 2.05) is 52.0 Å². The Labute approximate surface area is 245 Å². The molecule has 6 aromatic rings. The van der Waals surface area contributed by atoms with Gasteiger partial charge in [-0.1, -0.05) is 39.1 Å². The Morgan fingerprint density at radius 1 is 0.825 bits per heavy atom. The molecule has 0 bridgehead atoms. The van der Waals surface area contributed by atoms with E-state index in [2.05, 4.69) is 28.2 Å². The van der Waals surface area contributed by atoms with Crippen LogP contribution in [0, 0.1) is 17.9 Å². The van der Waals surface area contributed by atoms with Crippen LogP contribution in [0.4, 0.5) is 0 Å². The molecule has 6 nitrogen and oxygen atoms in total. The number of ketones is 1. The van der Waals surface area contributed by atoms with Crippen molar-refractivity contribution in [2.45, 2.75) is 53.4 Å². The summed E-state index contributed by atoms with van der Waals surface area (Å²) in [6.45, 7) is 8.07. The number of aliphatic hydroxyl groups excluding tert-OH is 1. The van der Waals surface area contributed by atoms with Gasteiger partial charge in [-0.3, -0.25) is 9.78 Å². The normalized spacial score (nSPS) is 12.5. The van der Waals surface area contributed by atoms with Crippen LogP contribution in [0.25, 0.3) is 66.0 Å². The van der Waals surface area contributed by atoms with Gasteiger partial charge in [0.05, 0.1) is 5.76 Å². The maximum atomic E-state index is 11.7. The quantitative estimate of drug-likeness (QED) is 0.101. The van der Waals surface area contributed by atoms with Gasteiger partial charge in [0.2, 0.25) is 5.71 Å². The number of hydrogen-bond donors (Lipinski definition) is 1. The Morgan fingerprint density at radius 3 is 2.10 bits per heavy atom. The smallest absolute Gasteiger partial charge is 0.221 e. The molecule has 1 radical (unpaired) electrons. The minimum Gasteiger partial charge on any atom is -0.512 e. The van der Waals surface area contributed by atoms with E-state index in [1.165, 1.54) is 6.08 Å². The second-order valence-corrected chi connectivity index (χ2v) is 10.2. The van der Waals surface area contributed by atoms with Gasteiger partial charge < -0.3 is 13.9 Å². The molecule has 0 atom stereocenters. The maximum Gasteiger partial charge on any atom is 0.221 e. The van der Waals surface area contributed by atoms with E-state index in [0.717, 1.165) is 86.0 Å². The molecule has 207 valence electrons.